The van der Waals surface area contributed by atoms with E-state index < -0.39 is 6.04 Å². The van der Waals surface area contributed by atoms with Crippen LogP contribution in [0, 0.1) is 6.92 Å². The molecule has 164 valence electrons. The Bertz CT molecular complexity index is 1380. The molecule has 5 rings (SSSR count). The molecule has 1 aliphatic rings. The second-order valence-electron chi connectivity index (χ2n) is 8.01. The average Bonchev–Trinajstić information content (AvgIpc) is 3.22. The first-order chi connectivity index (χ1) is 16.0. The highest BCUT2D eigenvalue weighted by Crippen LogP contribution is 2.37. The van der Waals surface area contributed by atoms with Gasteiger partial charge in [0.25, 0.3) is 5.91 Å². The topological polar surface area (TPSA) is 71.8 Å². The number of halogens is 1. The molecule has 1 aromatic heterocycles. The van der Waals surface area contributed by atoms with E-state index in [1.807, 2.05) is 86.6 Å². The molecule has 0 bridgehead atoms. The second kappa shape index (κ2) is 8.56. The van der Waals surface area contributed by atoms with Crippen LogP contribution in [0.5, 0.6) is 0 Å². The Labute approximate surface area is 196 Å². The van der Waals surface area contributed by atoms with Crippen molar-refractivity contribution >= 4 is 29.1 Å². The average molecular weight is 456 g/mol. The van der Waals surface area contributed by atoms with E-state index in [4.69, 9.17) is 21.7 Å². The van der Waals surface area contributed by atoms with Gasteiger partial charge in [0.15, 0.2) is 5.82 Å². The van der Waals surface area contributed by atoms with Gasteiger partial charge in [0.1, 0.15) is 6.04 Å². The maximum Gasteiger partial charge on any atom is 0.255 e. The number of nitrogens with zero attached hydrogens (tertiary/aromatic N) is 3. The first kappa shape index (κ1) is 21.0. The number of anilines is 2. The number of fused-ring (bicyclic) bond motifs is 1. The van der Waals surface area contributed by atoms with Crippen LogP contribution >= 0.6 is 11.6 Å². The largest absolute Gasteiger partial charge is 0.328 e. The quantitative estimate of drug-likeness (QED) is 0.406. The van der Waals surface area contributed by atoms with Crippen LogP contribution in [0.3, 0.4) is 0 Å². The summed E-state index contributed by atoms with van der Waals surface area (Å²) in [4.78, 5) is 18.2. The Morgan fingerprint density at radius 1 is 1.00 bits per heavy atom. The number of amides is 1. The predicted molar refractivity (Wildman–Crippen MR) is 131 cm³/mol. The van der Waals surface area contributed by atoms with Crippen LogP contribution in [-0.2, 0) is 4.79 Å². The summed E-state index contributed by atoms with van der Waals surface area (Å²) in [6.07, 6.45) is 0. The lowest BCUT2D eigenvalue weighted by molar-refractivity contribution is -0.113. The smallest absolute Gasteiger partial charge is 0.255 e. The van der Waals surface area contributed by atoms with Crippen molar-refractivity contribution in [1.29, 1.82) is 0 Å². The van der Waals surface area contributed by atoms with Gasteiger partial charge in [0.2, 0.25) is 5.95 Å². The van der Waals surface area contributed by atoms with Crippen LogP contribution in [0.2, 0.25) is 5.02 Å². The number of carbonyl (C=O) groups is 1. The standard InChI is InChI=1S/C26H22ClN5O/c1-16-8-6-9-18(14-16)23-22(25(33)29-21-12-4-3-5-13-21)17(2)28-26-30-24(31-32(23)26)19-10-7-11-20(27)15-19/h3-15,23H,1-2H3,(H,29,33)(H,28,30,31). The first-order valence-corrected chi connectivity index (χ1v) is 11.0. The lowest BCUT2D eigenvalue weighted by atomic mass is 9.94. The lowest BCUT2D eigenvalue weighted by Crippen LogP contribution is -2.31. The van der Waals surface area contributed by atoms with Gasteiger partial charge in [0.05, 0.1) is 5.57 Å². The fraction of sp³-hybridized carbons (Fsp3) is 0.115. The molecule has 3 aromatic carbocycles. The van der Waals surface area contributed by atoms with Crippen LogP contribution in [0.4, 0.5) is 11.6 Å². The molecule has 0 aliphatic carbocycles. The highest BCUT2D eigenvalue weighted by atomic mass is 35.5. The Hall–Kier alpha value is -3.90. The van der Waals surface area contributed by atoms with Crippen molar-refractivity contribution in [2.45, 2.75) is 19.9 Å². The molecule has 2 N–H and O–H groups in total. The van der Waals surface area contributed by atoms with E-state index in [2.05, 4.69) is 16.7 Å². The third-order valence-electron chi connectivity index (χ3n) is 5.57. The zero-order valence-electron chi connectivity index (χ0n) is 18.2. The summed E-state index contributed by atoms with van der Waals surface area (Å²) in [7, 11) is 0. The molecule has 6 nitrogen and oxygen atoms in total. The highest BCUT2D eigenvalue weighted by Gasteiger charge is 2.34. The second-order valence-corrected chi connectivity index (χ2v) is 8.45. The molecule has 1 amide bonds. The molecule has 0 saturated heterocycles. The molecular weight excluding hydrogens is 434 g/mol. The van der Waals surface area contributed by atoms with Gasteiger partial charge in [-0.3, -0.25) is 4.79 Å². The van der Waals surface area contributed by atoms with E-state index >= 15 is 0 Å². The first-order valence-electron chi connectivity index (χ1n) is 10.6. The molecule has 1 unspecified atom stereocenters. The molecule has 0 fully saturated rings. The van der Waals surface area contributed by atoms with Gasteiger partial charge < -0.3 is 10.6 Å². The zero-order chi connectivity index (χ0) is 22.9. The van der Waals surface area contributed by atoms with Crippen molar-refractivity contribution in [3.63, 3.8) is 0 Å². The molecule has 2 heterocycles. The Morgan fingerprint density at radius 3 is 2.55 bits per heavy atom. The van der Waals surface area contributed by atoms with Crippen molar-refractivity contribution in [3.8, 4) is 11.4 Å². The van der Waals surface area contributed by atoms with E-state index in [1.54, 1.807) is 4.68 Å². The Morgan fingerprint density at radius 2 is 1.79 bits per heavy atom. The Kier molecular flexibility index (Phi) is 5.44. The number of benzene rings is 3. The molecule has 1 aliphatic heterocycles. The number of aromatic nitrogens is 3. The normalized spacial score (nSPS) is 15.1. The summed E-state index contributed by atoms with van der Waals surface area (Å²) in [6, 6.07) is 24.5. The van der Waals surface area contributed by atoms with Crippen molar-refractivity contribution < 1.29 is 4.79 Å². The van der Waals surface area contributed by atoms with Gasteiger partial charge in [-0.05, 0) is 43.7 Å². The molecule has 33 heavy (non-hydrogen) atoms. The Balaban J connectivity index is 1.62. The van der Waals surface area contributed by atoms with Crippen LogP contribution in [0.25, 0.3) is 11.4 Å². The summed E-state index contributed by atoms with van der Waals surface area (Å²) >= 11 is 6.19. The van der Waals surface area contributed by atoms with E-state index in [0.717, 1.165) is 28.1 Å². The third kappa shape index (κ3) is 4.13. The number of nitrogens with one attached hydrogen (secondary N) is 2. The number of allylic oxidation sites excluding steroid dienone is 1. The lowest BCUT2D eigenvalue weighted by Gasteiger charge is -2.29. The molecule has 4 aromatic rings. The number of aryl methyl sites for hydroxylation is 1. The maximum atomic E-state index is 13.5. The summed E-state index contributed by atoms with van der Waals surface area (Å²) in [5.41, 5.74) is 4.91. The monoisotopic (exact) mass is 455 g/mol. The molecule has 1 atom stereocenters. The maximum absolute atomic E-state index is 13.5. The van der Waals surface area contributed by atoms with Gasteiger partial charge in [0, 0.05) is 22.0 Å². The van der Waals surface area contributed by atoms with E-state index in [9.17, 15) is 4.79 Å². The van der Waals surface area contributed by atoms with E-state index in [-0.39, 0.29) is 5.91 Å². The fourth-order valence-corrected chi connectivity index (χ4v) is 4.25. The third-order valence-corrected chi connectivity index (χ3v) is 5.80. The SMILES string of the molecule is CC1=C(C(=O)Nc2ccccc2)C(c2cccc(C)c2)n2nc(-c3cccc(Cl)c3)nc2N1. The minimum atomic E-state index is -0.440. The van der Waals surface area contributed by atoms with Crippen molar-refractivity contribution in [2.75, 3.05) is 10.6 Å². The number of carbonyl (C=O) groups excluding carboxylic acids is 1. The van der Waals surface area contributed by atoms with Crippen LogP contribution in [-0.4, -0.2) is 20.7 Å². The van der Waals surface area contributed by atoms with Gasteiger partial charge in [-0.2, -0.15) is 4.98 Å². The molecular formula is C26H22ClN5O. The summed E-state index contributed by atoms with van der Waals surface area (Å²) in [6.45, 7) is 3.92. The highest BCUT2D eigenvalue weighted by molar-refractivity contribution is 6.30. The number of hydrogen-bond acceptors (Lipinski definition) is 4. The fourth-order valence-electron chi connectivity index (χ4n) is 4.06. The zero-order valence-corrected chi connectivity index (χ0v) is 19.0. The molecule has 0 saturated carbocycles. The number of rotatable bonds is 4. The van der Waals surface area contributed by atoms with Gasteiger partial charge in [-0.25, -0.2) is 4.68 Å². The van der Waals surface area contributed by atoms with Gasteiger partial charge in [-0.1, -0.05) is 71.8 Å². The minimum Gasteiger partial charge on any atom is -0.328 e. The van der Waals surface area contributed by atoms with Gasteiger partial charge >= 0.3 is 0 Å². The molecule has 0 radical (unpaired) electrons. The van der Waals surface area contributed by atoms with Gasteiger partial charge in [-0.15, -0.1) is 5.10 Å². The van der Waals surface area contributed by atoms with E-state index in [0.29, 0.717) is 22.4 Å². The summed E-state index contributed by atoms with van der Waals surface area (Å²) in [5, 5.41) is 11.7. The van der Waals surface area contributed by atoms with Crippen molar-refractivity contribution in [2.24, 2.45) is 0 Å². The van der Waals surface area contributed by atoms with Crippen LogP contribution in [0.15, 0.2) is 90.1 Å². The van der Waals surface area contributed by atoms with Crippen molar-refractivity contribution in [1.82, 2.24) is 14.8 Å². The summed E-state index contributed by atoms with van der Waals surface area (Å²) < 4.78 is 1.78. The van der Waals surface area contributed by atoms with Crippen LogP contribution < -0.4 is 10.6 Å². The van der Waals surface area contributed by atoms with Crippen LogP contribution in [0.1, 0.15) is 24.1 Å². The molecule has 0 spiro atoms. The summed E-state index contributed by atoms with van der Waals surface area (Å²) in [5.74, 6) is 0.920. The number of para-hydroxylation sites is 1. The number of hydrogen-bond donors (Lipinski definition) is 2. The molecule has 7 heteroatoms. The van der Waals surface area contributed by atoms with Crippen molar-refractivity contribution in [3.05, 3.63) is 106 Å². The minimum absolute atomic E-state index is 0.192. The predicted octanol–water partition coefficient (Wildman–Crippen LogP) is 5.83. The van der Waals surface area contributed by atoms with E-state index in [1.165, 1.54) is 0 Å².